The Hall–Kier alpha value is -3.10. The zero-order chi connectivity index (χ0) is 18.8. The third-order valence-electron chi connectivity index (χ3n) is 3.83. The van der Waals surface area contributed by atoms with Gasteiger partial charge in [0.2, 0.25) is 11.6 Å². The van der Waals surface area contributed by atoms with Crippen LogP contribution >= 0.6 is 0 Å². The van der Waals surface area contributed by atoms with Crippen molar-refractivity contribution in [2.45, 2.75) is 6.04 Å². The summed E-state index contributed by atoms with van der Waals surface area (Å²) < 4.78 is 61.7. The van der Waals surface area contributed by atoms with Crippen LogP contribution in [0.25, 0.3) is 0 Å². The highest BCUT2D eigenvalue weighted by Crippen LogP contribution is 2.31. The van der Waals surface area contributed by atoms with Gasteiger partial charge >= 0.3 is 0 Å². The fourth-order valence-electron chi connectivity index (χ4n) is 2.53. The van der Waals surface area contributed by atoms with E-state index in [2.05, 4.69) is 15.3 Å². The molecule has 0 aliphatic rings. The van der Waals surface area contributed by atoms with Crippen molar-refractivity contribution in [3.63, 3.8) is 0 Å². The molecule has 9 heteroatoms. The molecule has 0 spiro atoms. The average molecular weight is 366 g/mol. The summed E-state index contributed by atoms with van der Waals surface area (Å²) in [5.74, 6) is -5.85. The van der Waals surface area contributed by atoms with Crippen LogP contribution in [0.2, 0.25) is 0 Å². The Morgan fingerprint density at radius 1 is 1.12 bits per heavy atom. The number of nitrogens with one attached hydrogen (secondary N) is 1. The van der Waals surface area contributed by atoms with Crippen molar-refractivity contribution in [1.29, 1.82) is 0 Å². The Morgan fingerprint density at radius 2 is 1.81 bits per heavy atom. The maximum atomic E-state index is 14.0. The number of anilines is 1. The van der Waals surface area contributed by atoms with E-state index in [4.69, 9.17) is 4.74 Å². The lowest BCUT2D eigenvalue weighted by atomic mass is 10.1. The smallest absolute Gasteiger partial charge is 0.253 e. The van der Waals surface area contributed by atoms with Gasteiger partial charge in [-0.2, -0.15) is 22.5 Å². The van der Waals surface area contributed by atoms with E-state index in [-0.39, 0.29) is 0 Å². The Bertz CT molecular complexity index is 918. The van der Waals surface area contributed by atoms with Crippen molar-refractivity contribution in [3.05, 3.63) is 71.6 Å². The first-order chi connectivity index (χ1) is 12.4. The number of aromatic nitrogens is 3. The van der Waals surface area contributed by atoms with Crippen LogP contribution in [-0.2, 0) is 7.05 Å². The predicted molar refractivity (Wildman–Crippen MR) is 85.7 cm³/mol. The molecule has 136 valence electrons. The summed E-state index contributed by atoms with van der Waals surface area (Å²) in [6.45, 7) is 0. The predicted octanol–water partition coefficient (Wildman–Crippen LogP) is 3.58. The van der Waals surface area contributed by atoms with Crippen LogP contribution in [0.1, 0.15) is 17.4 Å². The molecule has 1 atom stereocenters. The number of ether oxygens (including phenoxy) is 1. The lowest BCUT2D eigenvalue weighted by molar-refractivity contribution is 0.409. The number of imidazole rings is 1. The van der Waals surface area contributed by atoms with Gasteiger partial charge in [0.15, 0.2) is 0 Å². The van der Waals surface area contributed by atoms with Gasteiger partial charge in [0.25, 0.3) is 11.9 Å². The van der Waals surface area contributed by atoms with Crippen molar-refractivity contribution in [1.82, 2.24) is 14.5 Å². The van der Waals surface area contributed by atoms with Crippen LogP contribution in [0, 0.1) is 23.5 Å². The minimum absolute atomic E-state index is 0.370. The van der Waals surface area contributed by atoms with Gasteiger partial charge in [0.1, 0.15) is 23.3 Å². The van der Waals surface area contributed by atoms with Crippen LogP contribution in [-0.4, -0.2) is 21.6 Å². The van der Waals surface area contributed by atoms with Gasteiger partial charge in [-0.15, -0.1) is 0 Å². The van der Waals surface area contributed by atoms with Gasteiger partial charge in [-0.05, 0) is 17.7 Å². The van der Waals surface area contributed by atoms with Gasteiger partial charge in [-0.25, -0.2) is 4.98 Å². The molecule has 0 bridgehead atoms. The van der Waals surface area contributed by atoms with Crippen molar-refractivity contribution < 1.29 is 22.3 Å². The third-order valence-corrected chi connectivity index (χ3v) is 3.83. The SMILES string of the molecule is COc1cccc(C(Nc2c(F)c(F)nc(F)c2F)c2nccn2C)c1. The standard InChI is InChI=1S/C17H14F4N4O/c1-25-7-6-22-17(25)13(9-4-3-5-10(8-9)26-2)23-14-11(18)15(20)24-16(21)12(14)19/h3-8,13H,1-2H3,(H,23,24). The molecule has 0 saturated heterocycles. The van der Waals surface area contributed by atoms with Crippen molar-refractivity contribution in [3.8, 4) is 5.75 Å². The molecule has 2 aromatic heterocycles. The zero-order valence-corrected chi connectivity index (χ0v) is 13.8. The zero-order valence-electron chi connectivity index (χ0n) is 13.8. The molecular weight excluding hydrogens is 352 g/mol. The quantitative estimate of drug-likeness (QED) is 0.554. The fourth-order valence-corrected chi connectivity index (χ4v) is 2.53. The Labute approximate surface area is 146 Å². The number of benzene rings is 1. The van der Waals surface area contributed by atoms with E-state index in [1.165, 1.54) is 13.3 Å². The van der Waals surface area contributed by atoms with Crippen molar-refractivity contribution >= 4 is 5.69 Å². The number of aryl methyl sites for hydroxylation is 1. The molecule has 2 heterocycles. The number of hydrogen-bond donors (Lipinski definition) is 1. The van der Waals surface area contributed by atoms with Gasteiger partial charge < -0.3 is 14.6 Å². The van der Waals surface area contributed by atoms with E-state index in [1.807, 2.05) is 0 Å². The highest BCUT2D eigenvalue weighted by Gasteiger charge is 2.26. The van der Waals surface area contributed by atoms with Crippen LogP contribution < -0.4 is 10.1 Å². The van der Waals surface area contributed by atoms with Crippen LogP contribution in [0.5, 0.6) is 5.75 Å². The molecular formula is C17H14F4N4O. The highest BCUT2D eigenvalue weighted by atomic mass is 19.2. The normalized spacial score (nSPS) is 12.1. The molecule has 26 heavy (non-hydrogen) atoms. The van der Waals surface area contributed by atoms with Crippen LogP contribution in [0.3, 0.4) is 0 Å². The summed E-state index contributed by atoms with van der Waals surface area (Å²) in [5.41, 5.74) is -0.444. The van der Waals surface area contributed by atoms with E-state index in [1.54, 1.807) is 42.1 Å². The van der Waals surface area contributed by atoms with E-state index < -0.39 is 35.3 Å². The molecule has 0 fully saturated rings. The summed E-state index contributed by atoms with van der Waals surface area (Å²) in [6.07, 6.45) is 3.12. The molecule has 0 radical (unpaired) electrons. The van der Waals surface area contributed by atoms with Crippen molar-refractivity contribution in [2.24, 2.45) is 7.05 Å². The molecule has 0 aliphatic carbocycles. The molecule has 3 aromatic rings. The van der Waals surface area contributed by atoms with E-state index in [0.29, 0.717) is 17.1 Å². The Morgan fingerprint density at radius 3 is 2.38 bits per heavy atom. The number of methoxy groups -OCH3 is 1. The van der Waals surface area contributed by atoms with Crippen LogP contribution in [0.15, 0.2) is 36.7 Å². The lowest BCUT2D eigenvalue weighted by Crippen LogP contribution is -2.19. The second-order valence-electron chi connectivity index (χ2n) is 5.45. The molecule has 1 N–H and O–H groups in total. The Kier molecular flexibility index (Phi) is 4.79. The fraction of sp³-hybridized carbons (Fsp3) is 0.176. The Balaban J connectivity index is 2.13. The maximum Gasteiger partial charge on any atom is 0.253 e. The van der Waals surface area contributed by atoms with Gasteiger partial charge in [0.05, 0.1) is 7.11 Å². The second-order valence-corrected chi connectivity index (χ2v) is 5.45. The van der Waals surface area contributed by atoms with E-state index in [9.17, 15) is 17.6 Å². The first kappa shape index (κ1) is 17.7. The summed E-state index contributed by atoms with van der Waals surface area (Å²) in [4.78, 5) is 6.72. The van der Waals surface area contributed by atoms with Gasteiger partial charge in [-0.3, -0.25) is 0 Å². The minimum Gasteiger partial charge on any atom is -0.497 e. The average Bonchev–Trinajstić information content (AvgIpc) is 3.06. The summed E-state index contributed by atoms with van der Waals surface area (Å²) >= 11 is 0. The maximum absolute atomic E-state index is 14.0. The second kappa shape index (κ2) is 7.03. The molecule has 1 unspecified atom stereocenters. The van der Waals surface area contributed by atoms with Gasteiger partial charge in [-0.1, -0.05) is 12.1 Å². The largest absolute Gasteiger partial charge is 0.497 e. The first-order valence-corrected chi connectivity index (χ1v) is 7.50. The number of nitrogens with zero attached hydrogens (tertiary/aromatic N) is 3. The topological polar surface area (TPSA) is 52.0 Å². The summed E-state index contributed by atoms with van der Waals surface area (Å²) in [5, 5.41) is 2.50. The number of rotatable bonds is 5. The monoisotopic (exact) mass is 366 g/mol. The number of pyridine rings is 1. The van der Waals surface area contributed by atoms with E-state index >= 15 is 0 Å². The molecule has 0 aliphatic heterocycles. The van der Waals surface area contributed by atoms with Crippen molar-refractivity contribution in [2.75, 3.05) is 12.4 Å². The molecule has 1 aromatic carbocycles. The summed E-state index contributed by atoms with van der Waals surface area (Å²) in [7, 11) is 3.15. The van der Waals surface area contributed by atoms with Crippen LogP contribution in [0.4, 0.5) is 23.2 Å². The minimum atomic E-state index is -1.74. The number of halogens is 4. The summed E-state index contributed by atoms with van der Waals surface area (Å²) in [6, 6.07) is 5.74. The molecule has 0 saturated carbocycles. The molecule has 3 rings (SSSR count). The van der Waals surface area contributed by atoms with E-state index in [0.717, 1.165) is 0 Å². The lowest BCUT2D eigenvalue weighted by Gasteiger charge is -2.21. The molecule has 5 nitrogen and oxygen atoms in total. The molecule has 0 amide bonds. The third kappa shape index (κ3) is 3.19. The highest BCUT2D eigenvalue weighted by molar-refractivity contribution is 5.50. The first-order valence-electron chi connectivity index (χ1n) is 7.50. The number of hydrogen-bond acceptors (Lipinski definition) is 4. The van der Waals surface area contributed by atoms with Gasteiger partial charge in [0, 0.05) is 19.4 Å².